The smallest absolute Gasteiger partial charge is 0.221 e. The van der Waals surface area contributed by atoms with Crippen molar-refractivity contribution < 1.29 is 19.4 Å². The molecular weight excluding hydrogens is 432 g/mol. The third-order valence-corrected chi connectivity index (χ3v) is 5.52. The molecule has 9 heteroatoms. The standard InChI is InChI=1S/C23H27ClN4O4/c24-16-5-6-21-19(13-16)27-23(18-3-1-2-4-20(18)32-21)28-9-7-25-17(15-28)14-22(30)26-8-11-31-12-10-29/h1-6,13,17,25,29H,7-12,14-15H2,(H,26,30). The van der Waals surface area contributed by atoms with E-state index in [2.05, 4.69) is 15.5 Å². The minimum Gasteiger partial charge on any atom is -0.454 e. The number of halogens is 1. The summed E-state index contributed by atoms with van der Waals surface area (Å²) < 4.78 is 11.3. The second-order valence-electron chi connectivity index (χ2n) is 7.63. The number of amidine groups is 1. The highest BCUT2D eigenvalue weighted by Crippen LogP contribution is 2.39. The van der Waals surface area contributed by atoms with Gasteiger partial charge < -0.3 is 30.1 Å². The van der Waals surface area contributed by atoms with Gasteiger partial charge >= 0.3 is 0 Å². The van der Waals surface area contributed by atoms with Crippen LogP contribution in [0.2, 0.25) is 5.02 Å². The summed E-state index contributed by atoms with van der Waals surface area (Å²) >= 11 is 6.21. The maximum absolute atomic E-state index is 12.3. The van der Waals surface area contributed by atoms with E-state index >= 15 is 0 Å². The van der Waals surface area contributed by atoms with E-state index in [-0.39, 0.29) is 25.2 Å². The molecule has 2 heterocycles. The fraction of sp³-hybridized carbons (Fsp3) is 0.391. The van der Waals surface area contributed by atoms with Crippen molar-refractivity contribution in [1.82, 2.24) is 15.5 Å². The third-order valence-electron chi connectivity index (χ3n) is 5.29. The van der Waals surface area contributed by atoms with Crippen LogP contribution in [0.1, 0.15) is 12.0 Å². The fourth-order valence-corrected chi connectivity index (χ4v) is 3.98. The first kappa shape index (κ1) is 22.5. The molecule has 1 fully saturated rings. The molecule has 2 aliphatic heterocycles. The van der Waals surface area contributed by atoms with Crippen molar-refractivity contribution in [2.24, 2.45) is 4.99 Å². The molecule has 0 bridgehead atoms. The van der Waals surface area contributed by atoms with Crippen molar-refractivity contribution in [2.75, 3.05) is 46.0 Å². The van der Waals surface area contributed by atoms with Gasteiger partial charge in [0.05, 0.1) is 25.4 Å². The molecule has 32 heavy (non-hydrogen) atoms. The second-order valence-corrected chi connectivity index (χ2v) is 8.07. The number of hydrogen-bond donors (Lipinski definition) is 3. The number of ether oxygens (including phenoxy) is 2. The number of hydrogen-bond acceptors (Lipinski definition) is 7. The zero-order valence-electron chi connectivity index (χ0n) is 17.7. The first-order valence-electron chi connectivity index (χ1n) is 10.7. The zero-order valence-corrected chi connectivity index (χ0v) is 18.5. The van der Waals surface area contributed by atoms with E-state index in [0.717, 1.165) is 30.2 Å². The number of aliphatic hydroxyl groups is 1. The van der Waals surface area contributed by atoms with Gasteiger partial charge in [-0.2, -0.15) is 0 Å². The lowest BCUT2D eigenvalue weighted by atomic mass is 10.1. The number of nitrogens with one attached hydrogen (secondary N) is 2. The van der Waals surface area contributed by atoms with Crippen molar-refractivity contribution in [3.8, 4) is 11.5 Å². The van der Waals surface area contributed by atoms with Crippen LogP contribution in [0.25, 0.3) is 0 Å². The zero-order chi connectivity index (χ0) is 22.3. The average molecular weight is 459 g/mol. The van der Waals surface area contributed by atoms with Crippen molar-refractivity contribution in [1.29, 1.82) is 0 Å². The van der Waals surface area contributed by atoms with Crippen LogP contribution in [0.3, 0.4) is 0 Å². The van der Waals surface area contributed by atoms with Crippen LogP contribution in [0.15, 0.2) is 47.5 Å². The van der Waals surface area contributed by atoms with Crippen LogP contribution in [-0.2, 0) is 9.53 Å². The van der Waals surface area contributed by atoms with Crippen molar-refractivity contribution in [3.63, 3.8) is 0 Å². The van der Waals surface area contributed by atoms with E-state index in [0.29, 0.717) is 42.6 Å². The molecule has 2 aromatic carbocycles. The van der Waals surface area contributed by atoms with Crippen molar-refractivity contribution >= 4 is 29.0 Å². The number of nitrogens with zero attached hydrogens (tertiary/aromatic N) is 2. The van der Waals surface area contributed by atoms with Crippen molar-refractivity contribution in [3.05, 3.63) is 53.1 Å². The number of benzene rings is 2. The summed E-state index contributed by atoms with van der Waals surface area (Å²) in [4.78, 5) is 19.5. The van der Waals surface area contributed by atoms with Crippen LogP contribution < -0.4 is 15.4 Å². The van der Waals surface area contributed by atoms with Gasteiger partial charge in [0, 0.05) is 43.7 Å². The predicted molar refractivity (Wildman–Crippen MR) is 123 cm³/mol. The summed E-state index contributed by atoms with van der Waals surface area (Å²) in [6.45, 7) is 3.19. The Labute approximate surface area is 192 Å². The molecule has 1 saturated heterocycles. The topological polar surface area (TPSA) is 95.4 Å². The van der Waals surface area contributed by atoms with E-state index in [1.54, 1.807) is 12.1 Å². The normalized spacial score (nSPS) is 17.5. The Morgan fingerprint density at radius 2 is 2.16 bits per heavy atom. The molecule has 0 aromatic heterocycles. The molecule has 1 unspecified atom stereocenters. The first-order chi connectivity index (χ1) is 15.6. The van der Waals surface area contributed by atoms with Gasteiger partial charge in [0.1, 0.15) is 17.3 Å². The summed E-state index contributed by atoms with van der Waals surface area (Å²) in [6.07, 6.45) is 0.352. The number of carbonyl (C=O) groups is 1. The van der Waals surface area contributed by atoms with Crippen LogP contribution in [-0.4, -0.2) is 73.8 Å². The fourth-order valence-electron chi connectivity index (χ4n) is 3.82. The van der Waals surface area contributed by atoms with Crippen LogP contribution in [0, 0.1) is 0 Å². The summed E-state index contributed by atoms with van der Waals surface area (Å²) in [6, 6.07) is 13.2. The Morgan fingerprint density at radius 3 is 3.03 bits per heavy atom. The van der Waals surface area contributed by atoms with E-state index in [1.807, 2.05) is 30.3 Å². The summed E-state index contributed by atoms with van der Waals surface area (Å²) in [5, 5.41) is 15.6. The second kappa shape index (κ2) is 10.8. The van der Waals surface area contributed by atoms with Gasteiger partial charge in [-0.3, -0.25) is 4.79 Å². The number of aliphatic imine (C=N–C) groups is 1. The molecule has 4 rings (SSSR count). The molecule has 0 radical (unpaired) electrons. The molecule has 1 amide bonds. The molecule has 3 N–H and O–H groups in total. The van der Waals surface area contributed by atoms with E-state index < -0.39 is 0 Å². The number of fused-ring (bicyclic) bond motifs is 2. The molecule has 0 spiro atoms. The lowest BCUT2D eigenvalue weighted by molar-refractivity contribution is -0.122. The lowest BCUT2D eigenvalue weighted by Crippen LogP contribution is -2.54. The highest BCUT2D eigenvalue weighted by atomic mass is 35.5. The molecule has 170 valence electrons. The van der Waals surface area contributed by atoms with Gasteiger partial charge in [0.25, 0.3) is 0 Å². The van der Waals surface area contributed by atoms with Crippen LogP contribution >= 0.6 is 11.6 Å². The number of carbonyl (C=O) groups excluding carboxylic acids is 1. The molecular formula is C23H27ClN4O4. The summed E-state index contributed by atoms with van der Waals surface area (Å²) in [5.74, 6) is 2.17. The van der Waals surface area contributed by atoms with Gasteiger partial charge in [0.15, 0.2) is 5.75 Å². The van der Waals surface area contributed by atoms with E-state index in [9.17, 15) is 4.79 Å². The quantitative estimate of drug-likeness (QED) is 0.551. The third kappa shape index (κ3) is 5.58. The number of piperazine rings is 1. The monoisotopic (exact) mass is 458 g/mol. The molecule has 8 nitrogen and oxygen atoms in total. The Bertz CT molecular complexity index is 984. The van der Waals surface area contributed by atoms with Crippen LogP contribution in [0.4, 0.5) is 5.69 Å². The van der Waals surface area contributed by atoms with Gasteiger partial charge in [0.2, 0.25) is 5.91 Å². The first-order valence-corrected chi connectivity index (χ1v) is 11.1. The van der Waals surface area contributed by atoms with E-state index in [4.69, 9.17) is 31.2 Å². The molecule has 1 atom stereocenters. The molecule has 2 aliphatic rings. The summed E-state index contributed by atoms with van der Waals surface area (Å²) in [7, 11) is 0. The molecule has 2 aromatic rings. The highest BCUT2D eigenvalue weighted by Gasteiger charge is 2.28. The Balaban J connectivity index is 1.47. The molecule has 0 saturated carbocycles. The number of para-hydroxylation sites is 1. The van der Waals surface area contributed by atoms with Gasteiger partial charge in [-0.05, 0) is 30.3 Å². The van der Waals surface area contributed by atoms with Crippen LogP contribution in [0.5, 0.6) is 11.5 Å². The minimum absolute atomic E-state index is 0.0139. The summed E-state index contributed by atoms with van der Waals surface area (Å²) in [5.41, 5.74) is 1.59. The molecule has 0 aliphatic carbocycles. The maximum atomic E-state index is 12.3. The highest BCUT2D eigenvalue weighted by molar-refractivity contribution is 6.31. The van der Waals surface area contributed by atoms with Gasteiger partial charge in [-0.15, -0.1) is 0 Å². The minimum atomic E-state index is -0.0411. The Morgan fingerprint density at radius 1 is 1.28 bits per heavy atom. The predicted octanol–water partition coefficient (Wildman–Crippen LogP) is 2.31. The number of amides is 1. The van der Waals surface area contributed by atoms with Gasteiger partial charge in [-0.25, -0.2) is 4.99 Å². The largest absolute Gasteiger partial charge is 0.454 e. The Hall–Kier alpha value is -2.65. The average Bonchev–Trinajstić information content (AvgIpc) is 2.95. The number of rotatable bonds is 7. The van der Waals surface area contributed by atoms with Crippen molar-refractivity contribution in [2.45, 2.75) is 12.5 Å². The maximum Gasteiger partial charge on any atom is 0.221 e. The number of aliphatic hydroxyl groups excluding tert-OH is 1. The SMILES string of the molecule is O=C(CC1CN(C2=Nc3cc(Cl)ccc3Oc3ccccc32)CCN1)NCCOCCO. The van der Waals surface area contributed by atoms with Gasteiger partial charge in [-0.1, -0.05) is 23.7 Å². The lowest BCUT2D eigenvalue weighted by Gasteiger charge is -2.35. The Kier molecular flexibility index (Phi) is 7.59. The van der Waals surface area contributed by atoms with E-state index in [1.165, 1.54) is 0 Å².